The molecule has 2 nitrogen and oxygen atoms in total. The zero-order chi connectivity index (χ0) is 6.97. The third kappa shape index (κ3) is 1.79. The van der Waals surface area contributed by atoms with Gasteiger partial charge in [-0.3, -0.25) is 0 Å². The summed E-state index contributed by atoms with van der Waals surface area (Å²) in [5.41, 5.74) is 2.00. The minimum atomic E-state index is 0. The number of benzene rings is 1. The van der Waals surface area contributed by atoms with Crippen molar-refractivity contribution in [2.75, 3.05) is 0 Å². The zero-order valence-electron chi connectivity index (χ0n) is 6.20. The largest absolute Gasteiger partial charge is 0.333 e. The second kappa shape index (κ2) is 3.63. The molecular formula is C7H6N2NaS. The van der Waals surface area contributed by atoms with Crippen molar-refractivity contribution in [3.05, 3.63) is 24.3 Å². The summed E-state index contributed by atoms with van der Waals surface area (Å²) in [5.74, 6) is 0. The fourth-order valence-corrected chi connectivity index (χ4v) is 1.17. The second-order valence-corrected chi connectivity index (χ2v) is 2.50. The second-order valence-electron chi connectivity index (χ2n) is 2.08. The Bertz CT molecular complexity index is 325. The number of hydrogen-bond donors (Lipinski definition) is 2. The number of imidazole rings is 1. The number of nitrogens with zero attached hydrogens (tertiary/aromatic N) is 1. The van der Waals surface area contributed by atoms with Gasteiger partial charge in [0.25, 0.3) is 0 Å². The molecule has 0 atom stereocenters. The molecule has 0 aliphatic carbocycles. The molecule has 1 N–H and O–H groups in total. The molecule has 4 heteroatoms. The van der Waals surface area contributed by atoms with Crippen molar-refractivity contribution in [1.82, 2.24) is 9.97 Å². The van der Waals surface area contributed by atoms with E-state index in [2.05, 4.69) is 22.6 Å². The molecule has 1 aromatic heterocycles. The number of fused-ring (bicyclic) bond motifs is 1. The van der Waals surface area contributed by atoms with E-state index in [1.807, 2.05) is 24.3 Å². The van der Waals surface area contributed by atoms with Gasteiger partial charge in [0, 0.05) is 29.6 Å². The minimum Gasteiger partial charge on any atom is -0.333 e. The first-order chi connectivity index (χ1) is 4.86. The Morgan fingerprint density at radius 3 is 2.73 bits per heavy atom. The van der Waals surface area contributed by atoms with E-state index in [0.29, 0.717) is 5.16 Å². The predicted octanol–water partition coefficient (Wildman–Crippen LogP) is 1.47. The molecule has 0 saturated heterocycles. The number of rotatable bonds is 0. The molecule has 1 heterocycles. The molecule has 0 aliphatic rings. The maximum Gasteiger partial charge on any atom is 0.163 e. The van der Waals surface area contributed by atoms with Crippen molar-refractivity contribution in [2.24, 2.45) is 0 Å². The van der Waals surface area contributed by atoms with Crippen molar-refractivity contribution < 1.29 is 0 Å². The Kier molecular flexibility index (Phi) is 3.01. The van der Waals surface area contributed by atoms with E-state index in [9.17, 15) is 0 Å². The molecule has 0 saturated carbocycles. The van der Waals surface area contributed by atoms with Crippen LogP contribution < -0.4 is 0 Å². The van der Waals surface area contributed by atoms with Crippen molar-refractivity contribution >= 4 is 53.2 Å². The molecule has 2 rings (SSSR count). The molecule has 0 bridgehead atoms. The predicted molar refractivity (Wildman–Crippen MR) is 49.1 cm³/mol. The Hall–Kier alpha value is 0.0400. The van der Waals surface area contributed by atoms with Gasteiger partial charge in [-0.2, -0.15) is 0 Å². The molecule has 1 radical (unpaired) electrons. The maximum absolute atomic E-state index is 4.12. The van der Waals surface area contributed by atoms with Crippen molar-refractivity contribution in [3.8, 4) is 0 Å². The number of para-hydroxylation sites is 2. The van der Waals surface area contributed by atoms with Gasteiger partial charge < -0.3 is 4.98 Å². The molecular weight excluding hydrogens is 167 g/mol. The van der Waals surface area contributed by atoms with E-state index >= 15 is 0 Å². The molecule has 0 spiro atoms. The topological polar surface area (TPSA) is 28.7 Å². The van der Waals surface area contributed by atoms with E-state index in [-0.39, 0.29) is 29.6 Å². The summed E-state index contributed by atoms with van der Waals surface area (Å²) in [5, 5.41) is 0.668. The van der Waals surface area contributed by atoms with Crippen LogP contribution in [0.15, 0.2) is 29.4 Å². The van der Waals surface area contributed by atoms with Crippen LogP contribution in [0.3, 0.4) is 0 Å². The third-order valence-electron chi connectivity index (χ3n) is 1.38. The van der Waals surface area contributed by atoms with Crippen LogP contribution in [0.2, 0.25) is 0 Å². The Balaban J connectivity index is 0.000000605. The molecule has 0 aliphatic heterocycles. The van der Waals surface area contributed by atoms with Crippen LogP contribution in [-0.4, -0.2) is 39.5 Å². The normalized spacial score (nSPS) is 9.55. The van der Waals surface area contributed by atoms with Crippen LogP contribution >= 0.6 is 12.6 Å². The molecule has 0 unspecified atom stereocenters. The van der Waals surface area contributed by atoms with Crippen molar-refractivity contribution in [3.63, 3.8) is 0 Å². The first kappa shape index (κ1) is 9.13. The van der Waals surface area contributed by atoms with Crippen molar-refractivity contribution in [2.45, 2.75) is 5.16 Å². The van der Waals surface area contributed by atoms with E-state index in [1.54, 1.807) is 0 Å². The van der Waals surface area contributed by atoms with E-state index in [0.717, 1.165) is 11.0 Å². The van der Waals surface area contributed by atoms with E-state index in [1.165, 1.54) is 0 Å². The quantitative estimate of drug-likeness (QED) is 0.458. The van der Waals surface area contributed by atoms with Gasteiger partial charge in [-0.25, -0.2) is 4.98 Å². The summed E-state index contributed by atoms with van der Waals surface area (Å²) in [7, 11) is 0. The fraction of sp³-hybridized carbons (Fsp3) is 0. The zero-order valence-corrected chi connectivity index (χ0v) is 9.10. The summed E-state index contributed by atoms with van der Waals surface area (Å²) in [6.45, 7) is 0. The summed E-state index contributed by atoms with van der Waals surface area (Å²) in [4.78, 5) is 7.13. The average molecular weight is 173 g/mol. The standard InChI is InChI=1S/C7H6N2S.Na/c10-7-8-5-3-1-2-4-6(5)9-7;/h1-4H,(H2,8,9,10);. The number of nitrogens with one attached hydrogen (secondary N) is 1. The Labute approximate surface area is 92.1 Å². The van der Waals surface area contributed by atoms with Crippen molar-refractivity contribution in [1.29, 1.82) is 0 Å². The van der Waals surface area contributed by atoms with Gasteiger partial charge in [0.05, 0.1) is 11.0 Å². The van der Waals surface area contributed by atoms with Gasteiger partial charge in [0.1, 0.15) is 0 Å². The molecule has 51 valence electrons. The van der Waals surface area contributed by atoms with Crippen LogP contribution in [0, 0.1) is 0 Å². The number of thiol groups is 1. The average Bonchev–Trinajstić information content (AvgIpc) is 2.27. The van der Waals surface area contributed by atoms with Gasteiger partial charge in [0.2, 0.25) is 0 Å². The Morgan fingerprint density at radius 2 is 2.00 bits per heavy atom. The first-order valence-corrected chi connectivity index (χ1v) is 3.45. The van der Waals surface area contributed by atoms with Crippen LogP contribution in [-0.2, 0) is 0 Å². The smallest absolute Gasteiger partial charge is 0.163 e. The van der Waals surface area contributed by atoms with Crippen LogP contribution in [0.1, 0.15) is 0 Å². The molecule has 0 fully saturated rings. The van der Waals surface area contributed by atoms with E-state index < -0.39 is 0 Å². The van der Waals surface area contributed by atoms with Crippen LogP contribution in [0.5, 0.6) is 0 Å². The minimum absolute atomic E-state index is 0. The molecule has 2 aromatic rings. The third-order valence-corrected chi connectivity index (χ3v) is 1.59. The van der Waals surface area contributed by atoms with Gasteiger partial charge in [0.15, 0.2) is 5.16 Å². The van der Waals surface area contributed by atoms with E-state index in [4.69, 9.17) is 0 Å². The maximum atomic E-state index is 4.12. The molecule has 11 heavy (non-hydrogen) atoms. The molecule has 1 aromatic carbocycles. The Morgan fingerprint density at radius 1 is 1.27 bits per heavy atom. The SMILES string of the molecule is Sc1nc2ccccc2[nH]1.[Na]. The van der Waals surface area contributed by atoms with Crippen LogP contribution in [0.4, 0.5) is 0 Å². The van der Waals surface area contributed by atoms with Gasteiger partial charge in [-0.05, 0) is 12.1 Å². The summed E-state index contributed by atoms with van der Waals surface area (Å²) >= 11 is 4.08. The molecule has 0 amide bonds. The van der Waals surface area contributed by atoms with Gasteiger partial charge in [-0.15, -0.1) is 12.6 Å². The first-order valence-electron chi connectivity index (χ1n) is 3.00. The van der Waals surface area contributed by atoms with Gasteiger partial charge in [-0.1, -0.05) is 12.1 Å². The monoisotopic (exact) mass is 173 g/mol. The summed E-state index contributed by atoms with van der Waals surface area (Å²) in [6.07, 6.45) is 0. The number of aromatic amines is 1. The van der Waals surface area contributed by atoms with Crippen LogP contribution in [0.25, 0.3) is 11.0 Å². The number of H-pyrrole nitrogens is 1. The summed E-state index contributed by atoms with van der Waals surface area (Å²) < 4.78 is 0. The fourth-order valence-electron chi connectivity index (χ4n) is 0.939. The summed E-state index contributed by atoms with van der Waals surface area (Å²) in [6, 6.07) is 7.84. The number of hydrogen-bond acceptors (Lipinski definition) is 2. The number of aromatic nitrogens is 2. The van der Waals surface area contributed by atoms with Gasteiger partial charge >= 0.3 is 0 Å².